The van der Waals surface area contributed by atoms with Crippen molar-refractivity contribution < 1.29 is 18.6 Å². The van der Waals surface area contributed by atoms with Gasteiger partial charge in [-0.3, -0.25) is 0 Å². The minimum atomic E-state index is 0.428. The van der Waals surface area contributed by atoms with Gasteiger partial charge in [-0.1, -0.05) is 0 Å². The number of nitrogens with one attached hydrogen (secondary N) is 2. The van der Waals surface area contributed by atoms with Crippen molar-refractivity contribution in [3.05, 3.63) is 41.9 Å². The van der Waals surface area contributed by atoms with E-state index in [-0.39, 0.29) is 0 Å². The number of nitrogens with zero attached hydrogens (tertiary/aromatic N) is 1. The molecule has 0 unspecified atom stereocenters. The zero-order valence-corrected chi connectivity index (χ0v) is 15.1. The van der Waals surface area contributed by atoms with Crippen molar-refractivity contribution >= 4 is 5.96 Å². The summed E-state index contributed by atoms with van der Waals surface area (Å²) in [6, 6.07) is 7.44. The smallest absolute Gasteiger partial charge is 0.191 e. The van der Waals surface area contributed by atoms with E-state index < -0.39 is 0 Å². The molecule has 7 nitrogen and oxygen atoms in total. The molecule has 0 saturated heterocycles. The fourth-order valence-corrected chi connectivity index (χ4v) is 2.31. The van der Waals surface area contributed by atoms with Crippen LogP contribution in [0.25, 0.3) is 0 Å². The molecule has 0 radical (unpaired) electrons. The average Bonchev–Trinajstić information content (AvgIpc) is 3.16. The van der Waals surface area contributed by atoms with Gasteiger partial charge in [0.25, 0.3) is 0 Å². The van der Waals surface area contributed by atoms with Gasteiger partial charge in [-0.2, -0.15) is 0 Å². The lowest BCUT2D eigenvalue weighted by molar-refractivity contribution is 0.347. The molecule has 0 bridgehead atoms. The Balaban J connectivity index is 2.15. The largest absolute Gasteiger partial charge is 0.496 e. The highest BCUT2D eigenvalue weighted by molar-refractivity contribution is 5.79. The molecule has 1 heterocycles. The van der Waals surface area contributed by atoms with Crippen LogP contribution in [-0.2, 0) is 13.1 Å². The Hall–Kier alpha value is -2.83. The van der Waals surface area contributed by atoms with Crippen LogP contribution in [0.15, 0.2) is 39.9 Å². The summed E-state index contributed by atoms with van der Waals surface area (Å²) in [5.74, 6) is 3.49. The van der Waals surface area contributed by atoms with Gasteiger partial charge >= 0.3 is 0 Å². The predicted molar refractivity (Wildman–Crippen MR) is 96.5 cm³/mol. The lowest BCUT2D eigenvalue weighted by Crippen LogP contribution is -2.36. The second-order valence-corrected chi connectivity index (χ2v) is 5.15. The van der Waals surface area contributed by atoms with E-state index in [1.54, 1.807) is 33.7 Å². The monoisotopic (exact) mass is 347 g/mol. The second kappa shape index (κ2) is 9.46. The molecule has 7 heteroatoms. The first-order valence-electron chi connectivity index (χ1n) is 8.05. The van der Waals surface area contributed by atoms with Gasteiger partial charge in [0.05, 0.1) is 40.7 Å². The first-order valence-corrected chi connectivity index (χ1v) is 8.05. The molecule has 25 heavy (non-hydrogen) atoms. The Bertz CT molecular complexity index is 684. The molecule has 0 spiro atoms. The Morgan fingerprint density at radius 2 is 1.76 bits per heavy atom. The summed E-state index contributed by atoms with van der Waals surface area (Å²) in [7, 11) is 4.82. The van der Waals surface area contributed by atoms with Crippen molar-refractivity contribution in [3.63, 3.8) is 0 Å². The molecule has 2 N–H and O–H groups in total. The van der Waals surface area contributed by atoms with Crippen LogP contribution >= 0.6 is 0 Å². The van der Waals surface area contributed by atoms with E-state index in [9.17, 15) is 0 Å². The maximum atomic E-state index is 5.44. The number of guanidine groups is 1. The summed E-state index contributed by atoms with van der Waals surface area (Å²) >= 11 is 0. The highest BCUT2D eigenvalue weighted by Gasteiger charge is 2.12. The minimum absolute atomic E-state index is 0.428. The quantitative estimate of drug-likeness (QED) is 0.564. The van der Waals surface area contributed by atoms with Gasteiger partial charge in [0, 0.05) is 18.2 Å². The van der Waals surface area contributed by atoms with Crippen LogP contribution in [0.4, 0.5) is 0 Å². The van der Waals surface area contributed by atoms with E-state index in [0.29, 0.717) is 36.3 Å². The Kier molecular flexibility index (Phi) is 7.00. The van der Waals surface area contributed by atoms with Gasteiger partial charge in [-0.05, 0) is 25.1 Å². The molecule has 0 atom stereocenters. The Morgan fingerprint density at radius 3 is 2.36 bits per heavy atom. The SMILES string of the molecule is CCNC(=NCc1cc(OC)c(OC)cc1OC)NCc1ccco1. The highest BCUT2D eigenvalue weighted by Crippen LogP contribution is 2.34. The minimum Gasteiger partial charge on any atom is -0.496 e. The molecule has 1 aromatic heterocycles. The van der Waals surface area contributed by atoms with Crippen molar-refractivity contribution in [3.8, 4) is 17.2 Å². The summed E-state index contributed by atoms with van der Waals surface area (Å²) in [6.07, 6.45) is 1.65. The van der Waals surface area contributed by atoms with Crippen LogP contribution in [0.3, 0.4) is 0 Å². The lowest BCUT2D eigenvalue weighted by Gasteiger charge is -2.14. The van der Waals surface area contributed by atoms with E-state index in [1.165, 1.54) is 0 Å². The molecule has 2 aromatic rings. The van der Waals surface area contributed by atoms with Crippen molar-refractivity contribution in [1.29, 1.82) is 0 Å². The van der Waals surface area contributed by atoms with Crippen LogP contribution in [0.1, 0.15) is 18.2 Å². The number of ether oxygens (including phenoxy) is 3. The third-order valence-corrected chi connectivity index (χ3v) is 3.55. The van der Waals surface area contributed by atoms with Crippen molar-refractivity contribution in [2.75, 3.05) is 27.9 Å². The van der Waals surface area contributed by atoms with E-state index in [4.69, 9.17) is 18.6 Å². The van der Waals surface area contributed by atoms with Crippen LogP contribution in [0.5, 0.6) is 17.2 Å². The normalized spacial score (nSPS) is 11.1. The van der Waals surface area contributed by atoms with Crippen molar-refractivity contribution in [1.82, 2.24) is 10.6 Å². The first-order chi connectivity index (χ1) is 12.2. The molecule has 2 rings (SSSR count). The van der Waals surface area contributed by atoms with Crippen LogP contribution < -0.4 is 24.8 Å². The summed E-state index contributed by atoms with van der Waals surface area (Å²) in [5, 5.41) is 6.43. The molecule has 0 aliphatic carbocycles. The molecule has 1 aromatic carbocycles. The number of benzene rings is 1. The van der Waals surface area contributed by atoms with Crippen molar-refractivity contribution in [2.45, 2.75) is 20.0 Å². The molecule has 0 fully saturated rings. The average molecular weight is 347 g/mol. The topological polar surface area (TPSA) is 77.3 Å². The number of hydrogen-bond donors (Lipinski definition) is 2. The lowest BCUT2D eigenvalue weighted by atomic mass is 10.1. The zero-order valence-electron chi connectivity index (χ0n) is 15.1. The zero-order chi connectivity index (χ0) is 18.1. The van der Waals surface area contributed by atoms with Crippen LogP contribution in [-0.4, -0.2) is 33.8 Å². The Labute approximate surface area is 148 Å². The summed E-state index contributed by atoms with van der Waals surface area (Å²) < 4.78 is 21.4. The molecule has 0 aliphatic rings. The highest BCUT2D eigenvalue weighted by atomic mass is 16.5. The van der Waals surface area contributed by atoms with E-state index >= 15 is 0 Å². The molecule has 0 saturated carbocycles. The fourth-order valence-electron chi connectivity index (χ4n) is 2.31. The summed E-state index contributed by atoms with van der Waals surface area (Å²) in [5.41, 5.74) is 0.898. The van der Waals surface area contributed by atoms with Crippen LogP contribution in [0, 0.1) is 0 Å². The molecular formula is C18H25N3O4. The Morgan fingerprint density at radius 1 is 1.04 bits per heavy atom. The summed E-state index contributed by atoms with van der Waals surface area (Å²) in [6.45, 7) is 3.76. The predicted octanol–water partition coefficient (Wildman–Crippen LogP) is 2.56. The molecule has 0 aliphatic heterocycles. The van der Waals surface area contributed by atoms with Gasteiger partial charge in [0.1, 0.15) is 11.5 Å². The number of rotatable bonds is 8. The van der Waals surface area contributed by atoms with E-state index in [1.807, 2.05) is 25.1 Å². The maximum Gasteiger partial charge on any atom is 0.191 e. The number of hydrogen-bond acceptors (Lipinski definition) is 5. The fraction of sp³-hybridized carbons (Fsp3) is 0.389. The molecular weight excluding hydrogens is 322 g/mol. The molecule has 0 amide bonds. The maximum absolute atomic E-state index is 5.44. The van der Waals surface area contributed by atoms with E-state index in [0.717, 1.165) is 17.9 Å². The van der Waals surface area contributed by atoms with Gasteiger partial charge in [-0.25, -0.2) is 4.99 Å². The standard InChI is InChI=1S/C18H25N3O4/c1-5-19-18(21-12-14-7-6-8-25-14)20-11-13-9-16(23-3)17(24-4)10-15(13)22-2/h6-10H,5,11-12H2,1-4H3,(H2,19,20,21). The number of methoxy groups -OCH3 is 3. The van der Waals surface area contributed by atoms with Crippen LogP contribution in [0.2, 0.25) is 0 Å². The van der Waals surface area contributed by atoms with Crippen molar-refractivity contribution in [2.24, 2.45) is 4.99 Å². The third-order valence-electron chi connectivity index (χ3n) is 3.55. The van der Waals surface area contributed by atoms with Gasteiger partial charge in [0.2, 0.25) is 0 Å². The van der Waals surface area contributed by atoms with Gasteiger partial charge < -0.3 is 29.3 Å². The summed E-state index contributed by atoms with van der Waals surface area (Å²) in [4.78, 5) is 4.60. The van der Waals surface area contributed by atoms with Gasteiger partial charge in [-0.15, -0.1) is 0 Å². The molecule has 136 valence electrons. The van der Waals surface area contributed by atoms with E-state index in [2.05, 4.69) is 15.6 Å². The third kappa shape index (κ3) is 5.07. The first kappa shape index (κ1) is 18.5. The second-order valence-electron chi connectivity index (χ2n) is 5.15. The van der Waals surface area contributed by atoms with Gasteiger partial charge in [0.15, 0.2) is 17.5 Å². The number of aliphatic imine (C=N–C) groups is 1. The number of furan rings is 1.